The van der Waals surface area contributed by atoms with Crippen molar-refractivity contribution in [1.82, 2.24) is 0 Å². The van der Waals surface area contributed by atoms with Crippen molar-refractivity contribution in [3.63, 3.8) is 0 Å². The molecule has 0 aromatic heterocycles. The van der Waals surface area contributed by atoms with E-state index in [4.69, 9.17) is 16.9 Å². The molecule has 0 spiro atoms. The highest BCUT2D eigenvalue weighted by Crippen LogP contribution is 2.46. The Hall–Kier alpha value is -1.24. The molecular weight excluding hydrogens is 236 g/mol. The molecule has 2 aliphatic rings. The molecule has 1 aliphatic carbocycles. The number of nitrogens with zero attached hydrogens (tertiary/aromatic N) is 2. The van der Waals surface area contributed by atoms with E-state index >= 15 is 0 Å². The lowest BCUT2D eigenvalue weighted by Crippen LogP contribution is -2.63. The summed E-state index contributed by atoms with van der Waals surface area (Å²) >= 11 is 5.99. The van der Waals surface area contributed by atoms with Crippen LogP contribution in [0, 0.1) is 17.2 Å². The molecule has 0 bridgehead atoms. The summed E-state index contributed by atoms with van der Waals surface area (Å²) in [5.41, 5.74) is 0.812. The van der Waals surface area contributed by atoms with Crippen molar-refractivity contribution in [3.05, 3.63) is 28.8 Å². The minimum atomic E-state index is -0.533. The van der Waals surface area contributed by atoms with Crippen LogP contribution in [0.25, 0.3) is 0 Å². The lowest BCUT2D eigenvalue weighted by molar-refractivity contribution is -0.00932. The van der Waals surface area contributed by atoms with E-state index in [0.717, 1.165) is 18.5 Å². The van der Waals surface area contributed by atoms with Crippen LogP contribution in [-0.2, 0) is 0 Å². The van der Waals surface area contributed by atoms with E-state index < -0.39 is 5.60 Å². The molecule has 1 aromatic rings. The molecule has 1 N–H and O–H groups in total. The lowest BCUT2D eigenvalue weighted by atomic mass is 9.88. The van der Waals surface area contributed by atoms with Crippen LogP contribution in [-0.4, -0.2) is 23.8 Å². The Morgan fingerprint density at radius 3 is 2.71 bits per heavy atom. The van der Waals surface area contributed by atoms with Gasteiger partial charge in [-0.25, -0.2) is 0 Å². The van der Waals surface area contributed by atoms with Crippen molar-refractivity contribution in [3.8, 4) is 6.07 Å². The fraction of sp³-hybridized carbons (Fsp3) is 0.462. The first-order valence-corrected chi connectivity index (χ1v) is 6.18. The number of hydrogen-bond donors (Lipinski definition) is 1. The maximum absolute atomic E-state index is 10.3. The number of halogens is 1. The van der Waals surface area contributed by atoms with Gasteiger partial charge in [0.2, 0.25) is 0 Å². The number of anilines is 1. The van der Waals surface area contributed by atoms with Gasteiger partial charge in [0, 0.05) is 13.1 Å². The van der Waals surface area contributed by atoms with Crippen LogP contribution >= 0.6 is 11.6 Å². The van der Waals surface area contributed by atoms with Gasteiger partial charge in [0.25, 0.3) is 0 Å². The Labute approximate surface area is 105 Å². The minimum Gasteiger partial charge on any atom is -0.386 e. The van der Waals surface area contributed by atoms with Crippen LogP contribution < -0.4 is 4.90 Å². The van der Waals surface area contributed by atoms with Gasteiger partial charge in [-0.2, -0.15) is 5.26 Å². The summed E-state index contributed by atoms with van der Waals surface area (Å²) in [6.45, 7) is 1.24. The third kappa shape index (κ3) is 1.69. The number of rotatable bonds is 2. The topological polar surface area (TPSA) is 47.3 Å². The molecule has 0 atom stereocenters. The maximum atomic E-state index is 10.3. The highest BCUT2D eigenvalue weighted by Gasteiger charge is 2.52. The number of aliphatic hydroxyl groups is 1. The highest BCUT2D eigenvalue weighted by molar-refractivity contribution is 6.32. The Morgan fingerprint density at radius 2 is 2.12 bits per heavy atom. The zero-order valence-corrected chi connectivity index (χ0v) is 10.1. The second-order valence-corrected chi connectivity index (χ2v) is 5.39. The monoisotopic (exact) mass is 248 g/mol. The molecule has 0 radical (unpaired) electrons. The van der Waals surface area contributed by atoms with Gasteiger partial charge < -0.3 is 10.0 Å². The molecule has 3 rings (SSSR count). The predicted molar refractivity (Wildman–Crippen MR) is 66.1 cm³/mol. The normalized spacial score (nSPS) is 21.8. The van der Waals surface area contributed by atoms with Crippen molar-refractivity contribution >= 4 is 17.3 Å². The first-order chi connectivity index (χ1) is 8.14. The van der Waals surface area contributed by atoms with Crippen molar-refractivity contribution in [2.24, 2.45) is 5.92 Å². The molecule has 88 valence electrons. The smallest absolute Gasteiger partial charge is 0.103 e. The summed E-state index contributed by atoms with van der Waals surface area (Å²) in [5, 5.41) is 19.8. The van der Waals surface area contributed by atoms with Gasteiger partial charge in [0.15, 0.2) is 0 Å². The fourth-order valence-electron chi connectivity index (χ4n) is 2.55. The van der Waals surface area contributed by atoms with E-state index in [-0.39, 0.29) is 0 Å². The fourth-order valence-corrected chi connectivity index (χ4v) is 2.76. The van der Waals surface area contributed by atoms with Gasteiger partial charge >= 0.3 is 0 Å². The number of benzene rings is 1. The summed E-state index contributed by atoms with van der Waals surface area (Å²) in [6.07, 6.45) is 2.26. The van der Waals surface area contributed by atoms with Gasteiger partial charge in [0.05, 0.1) is 16.3 Å². The van der Waals surface area contributed by atoms with Crippen molar-refractivity contribution in [2.45, 2.75) is 18.4 Å². The number of β-amino-alcohol motifs (C(OH)–C–C–N with tert-alkyl or cyclic N) is 1. The van der Waals surface area contributed by atoms with Crippen LogP contribution in [0.2, 0.25) is 5.02 Å². The maximum Gasteiger partial charge on any atom is 0.103 e. The molecule has 0 amide bonds. The predicted octanol–water partition coefficient (Wildman–Crippen LogP) is 2.17. The first kappa shape index (κ1) is 10.9. The van der Waals surface area contributed by atoms with Crippen molar-refractivity contribution < 1.29 is 5.11 Å². The third-order valence-electron chi connectivity index (χ3n) is 3.71. The molecule has 17 heavy (non-hydrogen) atoms. The van der Waals surface area contributed by atoms with E-state index in [0.29, 0.717) is 29.6 Å². The average Bonchev–Trinajstić information content (AvgIpc) is 3.08. The second kappa shape index (κ2) is 3.63. The highest BCUT2D eigenvalue weighted by atomic mass is 35.5. The SMILES string of the molecule is N#Cc1c(Cl)cccc1N1CC(O)(C2CC2)C1. The zero-order valence-electron chi connectivity index (χ0n) is 9.36. The first-order valence-electron chi connectivity index (χ1n) is 5.80. The summed E-state index contributed by atoms with van der Waals surface area (Å²) in [5.74, 6) is 0.462. The van der Waals surface area contributed by atoms with Crippen LogP contribution in [0.15, 0.2) is 18.2 Å². The Morgan fingerprint density at radius 1 is 1.41 bits per heavy atom. The van der Waals surface area contributed by atoms with Crippen molar-refractivity contribution in [2.75, 3.05) is 18.0 Å². The lowest BCUT2D eigenvalue weighted by Gasteiger charge is -2.48. The third-order valence-corrected chi connectivity index (χ3v) is 4.03. The van der Waals surface area contributed by atoms with Crippen LogP contribution in [0.4, 0.5) is 5.69 Å². The van der Waals surface area contributed by atoms with E-state index in [2.05, 4.69) is 6.07 Å². The number of nitriles is 1. The van der Waals surface area contributed by atoms with E-state index in [1.165, 1.54) is 0 Å². The number of hydrogen-bond acceptors (Lipinski definition) is 3. The van der Waals surface area contributed by atoms with E-state index in [1.807, 2.05) is 17.0 Å². The van der Waals surface area contributed by atoms with E-state index in [9.17, 15) is 5.11 Å². The van der Waals surface area contributed by atoms with Gasteiger partial charge in [0.1, 0.15) is 11.7 Å². The molecule has 1 aromatic carbocycles. The molecule has 2 fully saturated rings. The van der Waals surface area contributed by atoms with Crippen LogP contribution in [0.1, 0.15) is 18.4 Å². The van der Waals surface area contributed by atoms with Gasteiger partial charge in [-0.1, -0.05) is 17.7 Å². The van der Waals surface area contributed by atoms with Crippen LogP contribution in [0.5, 0.6) is 0 Å². The summed E-state index contributed by atoms with van der Waals surface area (Å²) < 4.78 is 0. The Balaban J connectivity index is 1.83. The molecule has 4 heteroatoms. The molecule has 0 unspecified atom stereocenters. The minimum absolute atomic E-state index is 0.462. The van der Waals surface area contributed by atoms with Crippen molar-refractivity contribution in [1.29, 1.82) is 5.26 Å². The van der Waals surface area contributed by atoms with Gasteiger partial charge in [-0.3, -0.25) is 0 Å². The molecule has 1 aliphatic heterocycles. The largest absolute Gasteiger partial charge is 0.386 e. The molecular formula is C13H13ClN2O. The summed E-state index contributed by atoms with van der Waals surface area (Å²) in [6, 6.07) is 7.57. The molecule has 3 nitrogen and oxygen atoms in total. The average molecular weight is 249 g/mol. The Bertz CT molecular complexity index is 499. The van der Waals surface area contributed by atoms with E-state index in [1.54, 1.807) is 6.07 Å². The molecule has 1 saturated carbocycles. The Kier molecular flexibility index (Phi) is 2.32. The molecule has 1 heterocycles. The van der Waals surface area contributed by atoms with Crippen LogP contribution in [0.3, 0.4) is 0 Å². The summed E-state index contributed by atoms with van der Waals surface area (Å²) in [7, 11) is 0. The zero-order chi connectivity index (χ0) is 12.0. The standard InChI is InChI=1S/C13H13ClN2O/c14-11-2-1-3-12(10(11)6-15)16-7-13(17,8-16)9-4-5-9/h1-3,9,17H,4-5,7-8H2. The second-order valence-electron chi connectivity index (χ2n) is 4.98. The van der Waals surface area contributed by atoms with Gasteiger partial charge in [-0.05, 0) is 30.9 Å². The quantitative estimate of drug-likeness (QED) is 0.873. The molecule has 1 saturated heterocycles. The van der Waals surface area contributed by atoms with Gasteiger partial charge in [-0.15, -0.1) is 0 Å². The summed E-state index contributed by atoms with van der Waals surface area (Å²) in [4.78, 5) is 2.03.